The van der Waals surface area contributed by atoms with Gasteiger partial charge < -0.3 is 28.4 Å². The van der Waals surface area contributed by atoms with Crippen LogP contribution in [0.5, 0.6) is 28.7 Å². The number of hydrogen-bond acceptors (Lipinski definition) is 7. The summed E-state index contributed by atoms with van der Waals surface area (Å²) in [6.45, 7) is 0. The molecule has 0 bridgehead atoms. The summed E-state index contributed by atoms with van der Waals surface area (Å²) in [5.41, 5.74) is 2.08. The summed E-state index contributed by atoms with van der Waals surface area (Å²) in [4.78, 5) is 0.932. The van der Waals surface area contributed by atoms with E-state index in [1.54, 1.807) is 34.5 Å². The summed E-state index contributed by atoms with van der Waals surface area (Å²) in [5, 5.41) is 0. The summed E-state index contributed by atoms with van der Waals surface area (Å²) in [7, 11) is 7.74. The molecule has 0 aliphatic carbocycles. The van der Waals surface area contributed by atoms with Crippen molar-refractivity contribution in [1.82, 2.24) is 0 Å². The lowest BCUT2D eigenvalue weighted by Crippen LogP contribution is -1.98. The van der Waals surface area contributed by atoms with Gasteiger partial charge in [-0.15, -0.1) is 0 Å². The zero-order valence-electron chi connectivity index (χ0n) is 19.1. The van der Waals surface area contributed by atoms with Crippen molar-refractivity contribution < 1.29 is 28.1 Å². The highest BCUT2D eigenvalue weighted by molar-refractivity contribution is 8.00. The zero-order chi connectivity index (χ0) is 23.8. The predicted octanol–water partition coefficient (Wildman–Crippen LogP) is 6.16. The molecule has 6 nitrogen and oxygen atoms in total. The largest absolute Gasteiger partial charge is 0.497 e. The summed E-state index contributed by atoms with van der Waals surface area (Å²) in [6.07, 6.45) is 3.74. The lowest BCUT2D eigenvalue weighted by Gasteiger charge is -2.15. The second kappa shape index (κ2) is 11.4. The predicted molar refractivity (Wildman–Crippen MR) is 130 cm³/mol. The monoisotopic (exact) mass is 471 g/mol. The molecule has 0 amide bonds. The molecule has 3 aromatic carbocycles. The third-order valence-electron chi connectivity index (χ3n) is 4.82. The molecule has 0 saturated heterocycles. The third kappa shape index (κ3) is 5.64. The molecule has 0 atom stereocenters. The Morgan fingerprint density at radius 2 is 1.36 bits per heavy atom. The molecule has 33 heavy (non-hydrogen) atoms. The van der Waals surface area contributed by atoms with Crippen LogP contribution in [0, 0.1) is 5.82 Å². The molecule has 0 spiro atoms. The van der Waals surface area contributed by atoms with E-state index in [-0.39, 0.29) is 5.75 Å². The Morgan fingerprint density at radius 3 is 1.91 bits per heavy atom. The van der Waals surface area contributed by atoms with Crippen molar-refractivity contribution >= 4 is 29.8 Å². The van der Waals surface area contributed by atoms with Crippen molar-refractivity contribution in [2.45, 2.75) is 4.90 Å². The van der Waals surface area contributed by atoms with Gasteiger partial charge in [0.1, 0.15) is 5.75 Å². The molecule has 0 aromatic heterocycles. The number of benzene rings is 3. The van der Waals surface area contributed by atoms with Gasteiger partial charge in [0.2, 0.25) is 5.75 Å². The van der Waals surface area contributed by atoms with Crippen LogP contribution in [-0.2, 0) is 0 Å². The van der Waals surface area contributed by atoms with Gasteiger partial charge in [-0.3, -0.25) is 0 Å². The van der Waals surface area contributed by atoms with E-state index < -0.39 is 5.82 Å². The standard InChI is InChI=1S/C25H26FNO5S/c1-28-18-9-11-19(12-10-18)33-27-23-17(8-13-20(26)24(23)31-4)7-6-16-14-21(29-2)25(32-5)22(15-16)30-3/h6-15,27H,1-5H3/b7-6-. The van der Waals surface area contributed by atoms with Gasteiger partial charge in [0.15, 0.2) is 23.1 Å². The van der Waals surface area contributed by atoms with Crippen LogP contribution in [0.25, 0.3) is 12.2 Å². The first-order valence-corrected chi connectivity index (χ1v) is 10.8. The van der Waals surface area contributed by atoms with Crippen molar-refractivity contribution in [3.05, 3.63) is 65.5 Å². The second-order valence-corrected chi connectivity index (χ2v) is 7.60. The quantitative estimate of drug-likeness (QED) is 0.281. The molecular formula is C25H26FNO5S. The van der Waals surface area contributed by atoms with Crippen molar-refractivity contribution in [1.29, 1.82) is 0 Å². The smallest absolute Gasteiger partial charge is 0.203 e. The Balaban J connectivity index is 1.93. The van der Waals surface area contributed by atoms with Crippen molar-refractivity contribution in [2.75, 3.05) is 40.3 Å². The fourth-order valence-electron chi connectivity index (χ4n) is 3.15. The number of halogens is 1. The highest BCUT2D eigenvalue weighted by Gasteiger charge is 2.15. The third-order valence-corrected chi connectivity index (χ3v) is 5.63. The van der Waals surface area contributed by atoms with Crippen LogP contribution in [-0.4, -0.2) is 35.5 Å². The van der Waals surface area contributed by atoms with Crippen LogP contribution < -0.4 is 28.4 Å². The molecule has 1 N–H and O–H groups in total. The molecule has 0 heterocycles. The normalized spacial score (nSPS) is 10.7. The van der Waals surface area contributed by atoms with E-state index in [0.29, 0.717) is 22.9 Å². The number of hydrogen-bond donors (Lipinski definition) is 1. The second-order valence-electron chi connectivity index (χ2n) is 6.72. The minimum atomic E-state index is -0.458. The van der Waals surface area contributed by atoms with Crippen LogP contribution in [0.15, 0.2) is 53.4 Å². The number of rotatable bonds is 10. The van der Waals surface area contributed by atoms with E-state index in [1.807, 2.05) is 48.6 Å². The summed E-state index contributed by atoms with van der Waals surface area (Å²) in [6, 6.07) is 14.3. The first-order valence-electron chi connectivity index (χ1n) is 9.96. The van der Waals surface area contributed by atoms with Crippen LogP contribution in [0.1, 0.15) is 11.1 Å². The summed E-state index contributed by atoms with van der Waals surface area (Å²) >= 11 is 1.34. The molecule has 0 radical (unpaired) electrons. The maximum Gasteiger partial charge on any atom is 0.203 e. The Bertz CT molecular complexity index is 1090. The van der Waals surface area contributed by atoms with Gasteiger partial charge in [-0.05, 0) is 66.0 Å². The van der Waals surface area contributed by atoms with Crippen molar-refractivity contribution in [2.24, 2.45) is 0 Å². The SMILES string of the molecule is COc1ccc(SNc2c(/C=C\c3cc(OC)c(OC)c(OC)c3)ccc(F)c2OC)cc1. The highest BCUT2D eigenvalue weighted by atomic mass is 32.2. The maximum atomic E-state index is 14.4. The Morgan fingerprint density at radius 1 is 0.727 bits per heavy atom. The number of ether oxygens (including phenoxy) is 5. The minimum Gasteiger partial charge on any atom is -0.497 e. The molecule has 3 rings (SSSR count). The van der Waals surface area contributed by atoms with Gasteiger partial charge in [-0.2, -0.15) is 0 Å². The van der Waals surface area contributed by atoms with Crippen LogP contribution in [0.3, 0.4) is 0 Å². The van der Waals surface area contributed by atoms with Gasteiger partial charge in [0.05, 0.1) is 41.2 Å². The summed E-state index contributed by atoms with van der Waals surface area (Å²) < 4.78 is 44.4. The molecule has 0 aliphatic rings. The fraction of sp³-hybridized carbons (Fsp3) is 0.200. The Hall–Kier alpha value is -3.52. The van der Waals surface area contributed by atoms with Crippen LogP contribution >= 0.6 is 11.9 Å². The molecular weight excluding hydrogens is 445 g/mol. The molecule has 0 aliphatic heterocycles. The van der Waals surface area contributed by atoms with E-state index in [0.717, 1.165) is 21.8 Å². The molecule has 0 unspecified atom stereocenters. The lowest BCUT2D eigenvalue weighted by molar-refractivity contribution is 0.324. The topological polar surface area (TPSA) is 58.2 Å². The number of anilines is 1. The van der Waals surface area contributed by atoms with E-state index in [2.05, 4.69) is 4.72 Å². The molecule has 0 fully saturated rings. The van der Waals surface area contributed by atoms with Gasteiger partial charge in [-0.1, -0.05) is 12.2 Å². The van der Waals surface area contributed by atoms with E-state index >= 15 is 0 Å². The van der Waals surface area contributed by atoms with Gasteiger partial charge in [-0.25, -0.2) is 4.39 Å². The summed E-state index contributed by atoms with van der Waals surface area (Å²) in [5.74, 6) is 2.03. The Labute approximate surface area is 197 Å². The van der Waals surface area contributed by atoms with Gasteiger partial charge in [0.25, 0.3) is 0 Å². The Kier molecular flexibility index (Phi) is 8.32. The van der Waals surface area contributed by atoms with Gasteiger partial charge >= 0.3 is 0 Å². The van der Waals surface area contributed by atoms with Crippen molar-refractivity contribution in [3.8, 4) is 28.7 Å². The van der Waals surface area contributed by atoms with Crippen molar-refractivity contribution in [3.63, 3.8) is 0 Å². The number of methoxy groups -OCH3 is 5. The molecule has 3 aromatic rings. The van der Waals surface area contributed by atoms with Gasteiger partial charge in [0, 0.05) is 10.5 Å². The maximum absolute atomic E-state index is 14.4. The zero-order valence-corrected chi connectivity index (χ0v) is 19.9. The van der Waals surface area contributed by atoms with E-state index in [1.165, 1.54) is 25.1 Å². The average molecular weight is 472 g/mol. The lowest BCUT2D eigenvalue weighted by atomic mass is 10.1. The van der Waals surface area contributed by atoms with Crippen LogP contribution in [0.4, 0.5) is 10.1 Å². The molecule has 8 heteroatoms. The first-order chi connectivity index (χ1) is 16.0. The van der Waals surface area contributed by atoms with E-state index in [9.17, 15) is 4.39 Å². The highest BCUT2D eigenvalue weighted by Crippen LogP contribution is 2.40. The first kappa shape index (κ1) is 24.1. The molecule has 0 saturated carbocycles. The fourth-order valence-corrected chi connectivity index (χ4v) is 3.86. The molecule has 174 valence electrons. The average Bonchev–Trinajstić information content (AvgIpc) is 2.86. The van der Waals surface area contributed by atoms with E-state index in [4.69, 9.17) is 23.7 Å². The van der Waals surface area contributed by atoms with Crippen LogP contribution in [0.2, 0.25) is 0 Å². The minimum absolute atomic E-state index is 0.128. The number of nitrogens with one attached hydrogen (secondary N) is 1.